The lowest BCUT2D eigenvalue weighted by Crippen LogP contribution is -1.94. The second-order valence-corrected chi connectivity index (χ2v) is 4.21. The van der Waals surface area contributed by atoms with Crippen molar-refractivity contribution in [2.75, 3.05) is 7.11 Å². The first-order valence-corrected chi connectivity index (χ1v) is 5.59. The number of benzene rings is 1. The average Bonchev–Trinajstić information content (AvgIpc) is 2.79. The molecule has 0 spiro atoms. The van der Waals surface area contributed by atoms with Gasteiger partial charge >= 0.3 is 5.97 Å². The molecule has 0 fully saturated rings. The zero-order valence-corrected chi connectivity index (χ0v) is 10.8. The Balaban J connectivity index is 2.58. The lowest BCUT2D eigenvalue weighted by atomic mass is 10.1. The highest BCUT2D eigenvalue weighted by molar-refractivity contribution is 9.10. The fourth-order valence-corrected chi connectivity index (χ4v) is 1.96. The lowest BCUT2D eigenvalue weighted by Gasteiger charge is -2.08. The Morgan fingerprint density at radius 3 is 2.78 bits per heavy atom. The predicted octanol–water partition coefficient (Wildman–Crippen LogP) is 2.52. The molecule has 0 radical (unpaired) electrons. The highest BCUT2D eigenvalue weighted by Crippen LogP contribution is 2.42. The second-order valence-electron chi connectivity index (χ2n) is 3.35. The Labute approximate surface area is 110 Å². The molecular formula is C11H8BrNO5. The Bertz CT molecular complexity index is 607. The van der Waals surface area contributed by atoms with Gasteiger partial charge in [0.15, 0.2) is 23.0 Å². The standard InChI is InChI=1S/C11H8BrNO5/c1-17-7-3-2-5(12)9(10(7)14)8-4-6(11(15)16)13-18-8/h2-4,14H,1H3,(H,15,16). The van der Waals surface area contributed by atoms with E-state index in [0.717, 1.165) is 0 Å². The van der Waals surface area contributed by atoms with Crippen molar-refractivity contribution < 1.29 is 24.3 Å². The van der Waals surface area contributed by atoms with E-state index >= 15 is 0 Å². The summed E-state index contributed by atoms with van der Waals surface area (Å²) in [6, 6.07) is 4.44. The molecule has 0 aliphatic rings. The van der Waals surface area contributed by atoms with Crippen LogP contribution in [-0.2, 0) is 0 Å². The summed E-state index contributed by atoms with van der Waals surface area (Å²) < 4.78 is 10.4. The number of aromatic nitrogens is 1. The SMILES string of the molecule is COc1ccc(Br)c(-c2cc(C(=O)O)no2)c1O. The fraction of sp³-hybridized carbons (Fsp3) is 0.0909. The molecule has 2 aromatic rings. The summed E-state index contributed by atoms with van der Waals surface area (Å²) in [4.78, 5) is 10.7. The van der Waals surface area contributed by atoms with Crippen LogP contribution in [0.2, 0.25) is 0 Å². The van der Waals surface area contributed by atoms with Crippen LogP contribution in [0.1, 0.15) is 10.5 Å². The van der Waals surface area contributed by atoms with Crippen molar-refractivity contribution >= 4 is 21.9 Å². The third-order valence-corrected chi connectivity index (χ3v) is 2.95. The monoisotopic (exact) mass is 313 g/mol. The largest absolute Gasteiger partial charge is 0.504 e. The number of carboxylic acids is 1. The summed E-state index contributed by atoms with van der Waals surface area (Å²) in [6.45, 7) is 0. The molecule has 0 unspecified atom stereocenters. The summed E-state index contributed by atoms with van der Waals surface area (Å²) in [5.41, 5.74) is 0.0495. The highest BCUT2D eigenvalue weighted by Gasteiger charge is 2.20. The molecule has 2 N–H and O–H groups in total. The molecule has 0 aliphatic heterocycles. The van der Waals surface area contributed by atoms with Crippen LogP contribution in [0.3, 0.4) is 0 Å². The van der Waals surface area contributed by atoms with E-state index in [1.54, 1.807) is 12.1 Å². The summed E-state index contributed by atoms with van der Waals surface area (Å²) >= 11 is 3.24. The van der Waals surface area contributed by atoms with Gasteiger partial charge in [-0.15, -0.1) is 0 Å². The van der Waals surface area contributed by atoms with Gasteiger partial charge in [0, 0.05) is 10.5 Å². The lowest BCUT2D eigenvalue weighted by molar-refractivity contribution is 0.0686. The minimum atomic E-state index is -1.21. The molecule has 0 saturated carbocycles. The molecule has 1 heterocycles. The molecule has 0 aliphatic carbocycles. The van der Waals surface area contributed by atoms with Gasteiger partial charge in [0.25, 0.3) is 0 Å². The molecule has 6 nitrogen and oxygen atoms in total. The van der Waals surface area contributed by atoms with Crippen LogP contribution in [0, 0.1) is 0 Å². The zero-order chi connectivity index (χ0) is 13.3. The van der Waals surface area contributed by atoms with Crippen molar-refractivity contribution in [3.05, 3.63) is 28.4 Å². The molecule has 1 aromatic heterocycles. The molecule has 0 saturated heterocycles. The number of phenols is 1. The number of phenolic OH excluding ortho intramolecular Hbond substituents is 1. The number of rotatable bonds is 3. The van der Waals surface area contributed by atoms with E-state index in [9.17, 15) is 9.90 Å². The number of ether oxygens (including phenoxy) is 1. The van der Waals surface area contributed by atoms with E-state index in [-0.39, 0.29) is 28.5 Å². The Kier molecular flexibility index (Phi) is 3.24. The molecule has 2 rings (SSSR count). The number of hydrogen-bond acceptors (Lipinski definition) is 5. The predicted molar refractivity (Wildman–Crippen MR) is 64.8 cm³/mol. The van der Waals surface area contributed by atoms with Crippen LogP contribution in [0.15, 0.2) is 27.2 Å². The van der Waals surface area contributed by atoms with Crippen molar-refractivity contribution in [2.24, 2.45) is 0 Å². The van der Waals surface area contributed by atoms with Crippen molar-refractivity contribution in [1.82, 2.24) is 5.16 Å². The number of carboxylic acid groups (broad SMARTS) is 1. The van der Waals surface area contributed by atoms with Gasteiger partial charge in [0.1, 0.15) is 0 Å². The maximum atomic E-state index is 10.7. The van der Waals surface area contributed by atoms with Crippen molar-refractivity contribution in [3.63, 3.8) is 0 Å². The van der Waals surface area contributed by atoms with Crippen LogP contribution >= 0.6 is 15.9 Å². The maximum absolute atomic E-state index is 10.7. The molecule has 18 heavy (non-hydrogen) atoms. The van der Waals surface area contributed by atoms with E-state index < -0.39 is 5.97 Å². The van der Waals surface area contributed by atoms with Gasteiger partial charge in [0.05, 0.1) is 12.7 Å². The first kappa shape index (κ1) is 12.4. The van der Waals surface area contributed by atoms with E-state index in [0.29, 0.717) is 4.47 Å². The van der Waals surface area contributed by atoms with Crippen molar-refractivity contribution in [3.8, 4) is 22.8 Å². The average molecular weight is 314 g/mol. The van der Waals surface area contributed by atoms with Crippen LogP contribution in [0.4, 0.5) is 0 Å². The molecule has 1 aromatic carbocycles. The van der Waals surface area contributed by atoms with Gasteiger partial charge in [-0.05, 0) is 28.1 Å². The van der Waals surface area contributed by atoms with Crippen LogP contribution in [-0.4, -0.2) is 28.4 Å². The molecule has 0 atom stereocenters. The quantitative estimate of drug-likeness (QED) is 0.904. The summed E-state index contributed by atoms with van der Waals surface area (Å²) in [5.74, 6) is -0.972. The first-order valence-electron chi connectivity index (χ1n) is 4.80. The number of hydrogen-bond donors (Lipinski definition) is 2. The summed E-state index contributed by atoms with van der Waals surface area (Å²) in [5, 5.41) is 22.1. The normalized spacial score (nSPS) is 10.3. The van der Waals surface area contributed by atoms with Crippen LogP contribution in [0.25, 0.3) is 11.3 Å². The number of carbonyl (C=O) groups is 1. The number of nitrogens with zero attached hydrogens (tertiary/aromatic N) is 1. The summed E-state index contributed by atoms with van der Waals surface area (Å²) in [7, 11) is 1.41. The van der Waals surface area contributed by atoms with Gasteiger partial charge in [-0.1, -0.05) is 5.16 Å². The molecule has 0 bridgehead atoms. The van der Waals surface area contributed by atoms with Gasteiger partial charge < -0.3 is 19.5 Å². The third kappa shape index (κ3) is 2.04. The Morgan fingerprint density at radius 1 is 1.50 bits per heavy atom. The maximum Gasteiger partial charge on any atom is 0.358 e. The highest BCUT2D eigenvalue weighted by atomic mass is 79.9. The van der Waals surface area contributed by atoms with Crippen molar-refractivity contribution in [1.29, 1.82) is 0 Å². The Hall–Kier alpha value is -2.02. The molecule has 94 valence electrons. The molecule has 0 amide bonds. The number of aromatic hydroxyl groups is 1. The zero-order valence-electron chi connectivity index (χ0n) is 9.18. The fourth-order valence-electron chi connectivity index (χ4n) is 1.44. The van der Waals surface area contributed by atoms with Gasteiger partial charge in [0.2, 0.25) is 0 Å². The van der Waals surface area contributed by atoms with Crippen LogP contribution < -0.4 is 4.74 Å². The third-order valence-electron chi connectivity index (χ3n) is 2.29. The van der Waals surface area contributed by atoms with E-state index in [2.05, 4.69) is 21.1 Å². The minimum Gasteiger partial charge on any atom is -0.504 e. The summed E-state index contributed by atoms with van der Waals surface area (Å²) in [6.07, 6.45) is 0. The second kappa shape index (κ2) is 4.69. The number of halogens is 1. The molecule has 7 heteroatoms. The topological polar surface area (TPSA) is 92.8 Å². The number of methoxy groups -OCH3 is 1. The van der Waals surface area contributed by atoms with E-state index in [1.807, 2.05) is 0 Å². The van der Waals surface area contributed by atoms with Gasteiger partial charge in [-0.2, -0.15) is 0 Å². The first-order chi connectivity index (χ1) is 8.54. The number of aromatic carboxylic acids is 1. The minimum absolute atomic E-state index is 0.135. The van der Waals surface area contributed by atoms with E-state index in [1.165, 1.54) is 13.2 Å². The van der Waals surface area contributed by atoms with Crippen molar-refractivity contribution in [2.45, 2.75) is 0 Å². The van der Waals surface area contributed by atoms with Gasteiger partial charge in [-0.3, -0.25) is 0 Å². The van der Waals surface area contributed by atoms with Gasteiger partial charge in [-0.25, -0.2) is 4.79 Å². The molecular weight excluding hydrogens is 306 g/mol. The Morgan fingerprint density at radius 2 is 2.22 bits per heavy atom. The van der Waals surface area contributed by atoms with Crippen LogP contribution in [0.5, 0.6) is 11.5 Å². The smallest absolute Gasteiger partial charge is 0.358 e. The van der Waals surface area contributed by atoms with E-state index in [4.69, 9.17) is 14.4 Å².